The number of aromatic amines is 1. The number of hydrogen-bond acceptors (Lipinski definition) is 4. The van der Waals surface area contributed by atoms with Crippen LogP contribution in [0.5, 0.6) is 0 Å². The molecule has 1 aromatic heterocycles. The molecule has 29 heavy (non-hydrogen) atoms. The van der Waals surface area contributed by atoms with Crippen molar-refractivity contribution in [2.24, 2.45) is 0 Å². The fourth-order valence-corrected chi connectivity index (χ4v) is 3.12. The van der Waals surface area contributed by atoms with E-state index in [-0.39, 0.29) is 37.2 Å². The van der Waals surface area contributed by atoms with Crippen LogP contribution in [0.15, 0.2) is 48.5 Å². The van der Waals surface area contributed by atoms with E-state index < -0.39 is 0 Å². The first-order chi connectivity index (χ1) is 14.0. The maximum atomic E-state index is 12.5. The van der Waals surface area contributed by atoms with Crippen LogP contribution in [0.1, 0.15) is 28.0 Å². The summed E-state index contributed by atoms with van der Waals surface area (Å²) in [5.41, 5.74) is 4.01. The number of amides is 2. The summed E-state index contributed by atoms with van der Waals surface area (Å²) in [6.45, 7) is 2.16. The van der Waals surface area contributed by atoms with Crippen LogP contribution in [0.3, 0.4) is 0 Å². The first-order valence-corrected chi connectivity index (χ1v) is 9.29. The number of anilines is 1. The minimum Gasteiger partial charge on any atom is -0.469 e. The normalized spacial score (nSPS) is 10.6. The first kappa shape index (κ1) is 20.1. The predicted molar refractivity (Wildman–Crippen MR) is 111 cm³/mol. The monoisotopic (exact) mass is 393 g/mol. The molecule has 7 heteroatoms. The molecule has 0 spiro atoms. The van der Waals surface area contributed by atoms with Gasteiger partial charge in [0.1, 0.15) is 0 Å². The number of H-pyrrole nitrogens is 1. The number of nitrogens with one attached hydrogen (secondary N) is 3. The molecule has 2 aromatic carbocycles. The number of esters is 1. The summed E-state index contributed by atoms with van der Waals surface area (Å²) in [5.74, 6) is -0.803. The zero-order valence-corrected chi connectivity index (χ0v) is 16.4. The molecule has 0 saturated heterocycles. The number of methoxy groups -OCH3 is 1. The van der Waals surface area contributed by atoms with Crippen LogP contribution in [-0.4, -0.2) is 36.4 Å². The molecule has 0 aliphatic heterocycles. The number of para-hydroxylation sites is 1. The molecule has 0 bridgehead atoms. The number of carbonyl (C=O) groups excluding carboxylic acids is 3. The van der Waals surface area contributed by atoms with Crippen molar-refractivity contribution in [3.8, 4) is 0 Å². The highest BCUT2D eigenvalue weighted by Gasteiger charge is 2.13. The molecule has 0 unspecified atom stereocenters. The molecule has 0 fully saturated rings. The number of aromatic nitrogens is 1. The summed E-state index contributed by atoms with van der Waals surface area (Å²) < 4.78 is 4.53. The van der Waals surface area contributed by atoms with Gasteiger partial charge < -0.3 is 20.4 Å². The van der Waals surface area contributed by atoms with Gasteiger partial charge in [0.05, 0.1) is 20.0 Å². The van der Waals surface area contributed by atoms with Gasteiger partial charge in [0, 0.05) is 34.4 Å². The SMILES string of the molecule is COC(=O)CCNC(=O)c1ccc(NC(=O)Cc2c(C)[nH]c3ccccc23)cc1. The second-order valence-corrected chi connectivity index (χ2v) is 6.66. The molecule has 2 amide bonds. The number of ether oxygens (including phenoxy) is 1. The Balaban J connectivity index is 1.58. The third-order valence-corrected chi connectivity index (χ3v) is 4.64. The Labute approximate surface area is 168 Å². The van der Waals surface area contributed by atoms with Crippen LogP contribution >= 0.6 is 0 Å². The van der Waals surface area contributed by atoms with Gasteiger partial charge in [-0.1, -0.05) is 18.2 Å². The summed E-state index contributed by atoms with van der Waals surface area (Å²) >= 11 is 0. The molecule has 7 nitrogen and oxygen atoms in total. The molecule has 0 saturated carbocycles. The lowest BCUT2D eigenvalue weighted by molar-refractivity contribution is -0.140. The van der Waals surface area contributed by atoms with Crippen LogP contribution < -0.4 is 10.6 Å². The number of benzene rings is 2. The number of hydrogen-bond donors (Lipinski definition) is 3. The second-order valence-electron chi connectivity index (χ2n) is 6.66. The summed E-state index contributed by atoms with van der Waals surface area (Å²) in [5, 5.41) is 6.55. The molecular formula is C22H23N3O4. The van der Waals surface area contributed by atoms with Crippen molar-refractivity contribution < 1.29 is 19.1 Å². The lowest BCUT2D eigenvalue weighted by atomic mass is 10.1. The quantitative estimate of drug-likeness (QED) is 0.537. The second kappa shape index (κ2) is 9.05. The minimum atomic E-state index is -0.381. The van der Waals surface area contributed by atoms with Crippen LogP contribution in [0, 0.1) is 6.92 Å². The van der Waals surface area contributed by atoms with E-state index in [9.17, 15) is 14.4 Å². The molecule has 3 aromatic rings. The van der Waals surface area contributed by atoms with E-state index >= 15 is 0 Å². The Bertz CT molecular complexity index is 1040. The Kier molecular flexibility index (Phi) is 6.29. The van der Waals surface area contributed by atoms with E-state index in [1.807, 2.05) is 31.2 Å². The van der Waals surface area contributed by atoms with Crippen LogP contribution in [-0.2, 0) is 20.7 Å². The van der Waals surface area contributed by atoms with Gasteiger partial charge in [-0.05, 0) is 42.8 Å². The van der Waals surface area contributed by atoms with Gasteiger partial charge in [-0.25, -0.2) is 0 Å². The highest BCUT2D eigenvalue weighted by molar-refractivity contribution is 5.98. The number of fused-ring (bicyclic) bond motifs is 1. The van der Waals surface area contributed by atoms with Gasteiger partial charge in [-0.15, -0.1) is 0 Å². The Morgan fingerprint density at radius 1 is 1.03 bits per heavy atom. The maximum Gasteiger partial charge on any atom is 0.307 e. The third-order valence-electron chi connectivity index (χ3n) is 4.64. The van der Waals surface area contributed by atoms with Gasteiger partial charge in [0.25, 0.3) is 5.91 Å². The minimum absolute atomic E-state index is 0.115. The zero-order valence-electron chi connectivity index (χ0n) is 16.4. The fraction of sp³-hybridized carbons (Fsp3) is 0.227. The number of aryl methyl sites for hydroxylation is 1. The molecule has 0 aliphatic rings. The van der Waals surface area contributed by atoms with Crippen molar-refractivity contribution in [3.63, 3.8) is 0 Å². The molecule has 1 heterocycles. The molecule has 150 valence electrons. The summed E-state index contributed by atoms with van der Waals surface area (Å²) in [7, 11) is 1.30. The Morgan fingerprint density at radius 2 is 1.76 bits per heavy atom. The average molecular weight is 393 g/mol. The predicted octanol–water partition coefficient (Wildman–Crippen LogP) is 2.95. The van der Waals surface area contributed by atoms with Crippen LogP contribution in [0.25, 0.3) is 10.9 Å². The van der Waals surface area contributed by atoms with Crippen molar-refractivity contribution in [1.82, 2.24) is 10.3 Å². The van der Waals surface area contributed by atoms with Crippen molar-refractivity contribution in [3.05, 3.63) is 65.4 Å². The van der Waals surface area contributed by atoms with Gasteiger partial charge in [0.15, 0.2) is 0 Å². The summed E-state index contributed by atoms with van der Waals surface area (Å²) in [4.78, 5) is 38.9. The smallest absolute Gasteiger partial charge is 0.307 e. The Hall–Kier alpha value is -3.61. The molecule has 3 rings (SSSR count). The van der Waals surface area contributed by atoms with E-state index in [0.29, 0.717) is 11.3 Å². The lowest BCUT2D eigenvalue weighted by Gasteiger charge is -2.08. The number of rotatable bonds is 7. The maximum absolute atomic E-state index is 12.5. The van der Waals surface area contributed by atoms with Gasteiger partial charge in [0.2, 0.25) is 5.91 Å². The molecule has 0 atom stereocenters. The highest BCUT2D eigenvalue weighted by Crippen LogP contribution is 2.22. The van der Waals surface area contributed by atoms with E-state index in [0.717, 1.165) is 22.2 Å². The largest absolute Gasteiger partial charge is 0.469 e. The van der Waals surface area contributed by atoms with Gasteiger partial charge >= 0.3 is 5.97 Å². The Morgan fingerprint density at radius 3 is 2.48 bits per heavy atom. The summed E-state index contributed by atoms with van der Waals surface area (Å²) in [6, 6.07) is 14.5. The lowest BCUT2D eigenvalue weighted by Crippen LogP contribution is -2.26. The standard InChI is InChI=1S/C22H23N3O4/c1-14-18(17-5-3-4-6-19(17)24-14)13-20(26)25-16-9-7-15(8-10-16)22(28)23-12-11-21(27)29-2/h3-10,24H,11-13H2,1-2H3,(H,23,28)(H,25,26). The molecule has 3 N–H and O–H groups in total. The molecule has 0 radical (unpaired) electrons. The summed E-state index contributed by atoms with van der Waals surface area (Å²) in [6.07, 6.45) is 0.370. The van der Waals surface area contributed by atoms with Gasteiger partial charge in [-0.2, -0.15) is 0 Å². The van der Waals surface area contributed by atoms with Crippen molar-refractivity contribution in [2.45, 2.75) is 19.8 Å². The van der Waals surface area contributed by atoms with E-state index in [1.54, 1.807) is 24.3 Å². The van der Waals surface area contributed by atoms with Crippen molar-refractivity contribution >= 4 is 34.4 Å². The van der Waals surface area contributed by atoms with Gasteiger partial charge in [-0.3, -0.25) is 14.4 Å². The topological polar surface area (TPSA) is 100 Å². The molecule has 0 aliphatic carbocycles. The van der Waals surface area contributed by atoms with E-state index in [2.05, 4.69) is 20.4 Å². The molecular weight excluding hydrogens is 370 g/mol. The van der Waals surface area contributed by atoms with Crippen molar-refractivity contribution in [1.29, 1.82) is 0 Å². The third kappa shape index (κ3) is 5.01. The first-order valence-electron chi connectivity index (χ1n) is 9.29. The van der Waals surface area contributed by atoms with Crippen LogP contribution in [0.2, 0.25) is 0 Å². The average Bonchev–Trinajstić information content (AvgIpc) is 3.03. The number of carbonyl (C=O) groups is 3. The van der Waals surface area contributed by atoms with Crippen molar-refractivity contribution in [2.75, 3.05) is 19.0 Å². The van der Waals surface area contributed by atoms with E-state index in [1.165, 1.54) is 7.11 Å². The van der Waals surface area contributed by atoms with E-state index in [4.69, 9.17) is 0 Å². The zero-order chi connectivity index (χ0) is 20.8. The van der Waals surface area contributed by atoms with Crippen LogP contribution in [0.4, 0.5) is 5.69 Å². The highest BCUT2D eigenvalue weighted by atomic mass is 16.5. The fourth-order valence-electron chi connectivity index (χ4n) is 3.12.